The Balaban J connectivity index is 2.51. The summed E-state index contributed by atoms with van der Waals surface area (Å²) in [6.45, 7) is 7.95. The number of nitrogens with zero attached hydrogens (tertiary/aromatic N) is 3. The first-order chi connectivity index (χ1) is 8.69. The van der Waals surface area contributed by atoms with Gasteiger partial charge in [0.1, 0.15) is 16.8 Å². The molecule has 0 aliphatic rings. The van der Waals surface area contributed by atoms with Crippen molar-refractivity contribution in [2.75, 3.05) is 32.5 Å². The molecule has 1 heterocycles. The van der Waals surface area contributed by atoms with Crippen LogP contribution in [0.1, 0.15) is 19.7 Å². The molecule has 0 spiro atoms. The van der Waals surface area contributed by atoms with Crippen molar-refractivity contribution in [3.05, 3.63) is 17.0 Å². The van der Waals surface area contributed by atoms with E-state index in [0.29, 0.717) is 17.6 Å². The Labute approximate surface area is 118 Å². The lowest BCUT2D eigenvalue weighted by molar-refractivity contribution is 0.177. The maximum Gasteiger partial charge on any atom is 0.156 e. The molecule has 18 heavy (non-hydrogen) atoms. The van der Waals surface area contributed by atoms with Gasteiger partial charge < -0.3 is 9.64 Å². The number of hydrogen-bond acceptors (Lipinski definition) is 5. The fraction of sp³-hybridized carbons (Fsp3) is 0.667. The van der Waals surface area contributed by atoms with Crippen molar-refractivity contribution in [1.29, 1.82) is 0 Å². The molecule has 1 aromatic heterocycles. The van der Waals surface area contributed by atoms with Crippen molar-refractivity contribution in [3.8, 4) is 0 Å². The highest BCUT2D eigenvalue weighted by molar-refractivity contribution is 7.99. The maximum absolute atomic E-state index is 5.95. The van der Waals surface area contributed by atoms with Crippen LogP contribution in [0.4, 0.5) is 0 Å². The van der Waals surface area contributed by atoms with Crippen molar-refractivity contribution in [2.24, 2.45) is 0 Å². The van der Waals surface area contributed by atoms with Gasteiger partial charge in [0, 0.05) is 25.5 Å². The summed E-state index contributed by atoms with van der Waals surface area (Å²) in [7, 11) is 1.62. The van der Waals surface area contributed by atoms with Crippen molar-refractivity contribution in [3.63, 3.8) is 0 Å². The van der Waals surface area contributed by atoms with Crippen molar-refractivity contribution in [2.45, 2.75) is 25.5 Å². The van der Waals surface area contributed by atoms with E-state index in [1.165, 1.54) is 0 Å². The molecule has 0 aliphatic carbocycles. The minimum atomic E-state index is 0.393. The quantitative estimate of drug-likeness (QED) is 0.543. The Morgan fingerprint density at radius 3 is 2.67 bits per heavy atom. The Hall–Kier alpha value is -0.360. The molecule has 4 nitrogen and oxygen atoms in total. The fourth-order valence-corrected chi connectivity index (χ4v) is 2.72. The molecule has 0 aliphatic heterocycles. The molecule has 0 saturated heterocycles. The van der Waals surface area contributed by atoms with Crippen LogP contribution in [0.3, 0.4) is 0 Å². The highest BCUT2D eigenvalue weighted by Gasteiger charge is 2.05. The van der Waals surface area contributed by atoms with E-state index in [1.807, 2.05) is 0 Å². The monoisotopic (exact) mass is 289 g/mol. The first-order valence-electron chi connectivity index (χ1n) is 6.07. The second-order valence-electron chi connectivity index (χ2n) is 3.75. The first kappa shape index (κ1) is 15.7. The third kappa shape index (κ3) is 5.52. The molecule has 6 heteroatoms. The molecule has 1 aromatic rings. The van der Waals surface area contributed by atoms with Crippen LogP contribution in [0.2, 0.25) is 5.15 Å². The van der Waals surface area contributed by atoms with Crippen LogP contribution in [-0.4, -0.2) is 47.4 Å². The molecule has 0 N–H and O–H groups in total. The summed E-state index contributed by atoms with van der Waals surface area (Å²) < 4.78 is 5.01. The van der Waals surface area contributed by atoms with Gasteiger partial charge in [0.25, 0.3) is 0 Å². The second-order valence-corrected chi connectivity index (χ2v) is 5.26. The number of thioether (sulfide) groups is 1. The smallest absolute Gasteiger partial charge is 0.156 e. The average molecular weight is 290 g/mol. The number of halogens is 1. The van der Waals surface area contributed by atoms with Gasteiger partial charge in [0.15, 0.2) is 5.82 Å². The first-order valence-corrected chi connectivity index (χ1v) is 7.43. The molecular weight excluding hydrogens is 270 g/mol. The number of rotatable bonds is 8. The van der Waals surface area contributed by atoms with Crippen LogP contribution in [0.25, 0.3) is 0 Å². The molecule has 0 amide bonds. The topological polar surface area (TPSA) is 38.2 Å². The van der Waals surface area contributed by atoms with Gasteiger partial charge in [-0.1, -0.05) is 25.4 Å². The van der Waals surface area contributed by atoms with Crippen LogP contribution in [0.15, 0.2) is 11.1 Å². The molecule has 0 atom stereocenters. The Kier molecular flexibility index (Phi) is 7.58. The molecule has 1 rings (SSSR count). The summed E-state index contributed by atoms with van der Waals surface area (Å²) in [5, 5.41) is 1.39. The van der Waals surface area contributed by atoms with E-state index in [9.17, 15) is 0 Å². The van der Waals surface area contributed by atoms with E-state index in [2.05, 4.69) is 28.7 Å². The van der Waals surface area contributed by atoms with Gasteiger partial charge in [-0.15, -0.1) is 11.8 Å². The van der Waals surface area contributed by atoms with Crippen LogP contribution in [0, 0.1) is 0 Å². The predicted molar refractivity (Wildman–Crippen MR) is 76.3 cm³/mol. The van der Waals surface area contributed by atoms with E-state index in [1.54, 1.807) is 24.9 Å². The van der Waals surface area contributed by atoms with Crippen molar-refractivity contribution < 1.29 is 4.74 Å². The summed E-state index contributed by atoms with van der Waals surface area (Å²) in [6, 6.07) is 1.80. The third-order valence-electron chi connectivity index (χ3n) is 2.54. The van der Waals surface area contributed by atoms with E-state index < -0.39 is 0 Å². The highest BCUT2D eigenvalue weighted by atomic mass is 35.5. The number of hydrogen-bond donors (Lipinski definition) is 0. The zero-order chi connectivity index (χ0) is 13.4. The zero-order valence-electron chi connectivity index (χ0n) is 11.1. The zero-order valence-corrected chi connectivity index (χ0v) is 12.7. The standard InChI is InChI=1S/C12H20ClN3OS/c1-4-16(5-2)6-7-18-12-8-10(13)14-11(15-12)9-17-3/h8H,4-7,9H2,1-3H3. The normalized spacial score (nSPS) is 11.2. The highest BCUT2D eigenvalue weighted by Crippen LogP contribution is 2.19. The molecular formula is C12H20ClN3OS. The van der Waals surface area contributed by atoms with Gasteiger partial charge in [-0.3, -0.25) is 0 Å². The minimum Gasteiger partial charge on any atom is -0.377 e. The molecule has 0 bridgehead atoms. The van der Waals surface area contributed by atoms with Crippen molar-refractivity contribution in [1.82, 2.24) is 14.9 Å². The van der Waals surface area contributed by atoms with Gasteiger partial charge in [-0.2, -0.15) is 0 Å². The summed E-state index contributed by atoms with van der Waals surface area (Å²) in [4.78, 5) is 10.9. The van der Waals surface area contributed by atoms with Gasteiger partial charge in [0.05, 0.1) is 0 Å². The van der Waals surface area contributed by atoms with Crippen LogP contribution >= 0.6 is 23.4 Å². The van der Waals surface area contributed by atoms with Crippen LogP contribution in [0.5, 0.6) is 0 Å². The second kappa shape index (κ2) is 8.69. The van der Waals surface area contributed by atoms with Gasteiger partial charge in [-0.05, 0) is 13.1 Å². The number of ether oxygens (including phenoxy) is 1. The molecule has 0 aromatic carbocycles. The van der Waals surface area contributed by atoms with Crippen LogP contribution in [-0.2, 0) is 11.3 Å². The lowest BCUT2D eigenvalue weighted by Gasteiger charge is -2.17. The largest absolute Gasteiger partial charge is 0.377 e. The third-order valence-corrected chi connectivity index (χ3v) is 3.63. The minimum absolute atomic E-state index is 0.393. The lowest BCUT2D eigenvalue weighted by Crippen LogP contribution is -2.25. The SMILES string of the molecule is CCN(CC)CCSc1cc(Cl)nc(COC)n1. The van der Waals surface area contributed by atoms with E-state index in [4.69, 9.17) is 16.3 Å². The lowest BCUT2D eigenvalue weighted by atomic mass is 10.5. The van der Waals surface area contributed by atoms with E-state index >= 15 is 0 Å². The maximum atomic E-state index is 5.95. The van der Waals surface area contributed by atoms with Crippen molar-refractivity contribution >= 4 is 23.4 Å². The molecule has 102 valence electrons. The Bertz CT molecular complexity index is 361. The average Bonchev–Trinajstić information content (AvgIpc) is 2.34. The summed E-state index contributed by atoms with van der Waals surface area (Å²) in [5.74, 6) is 1.64. The summed E-state index contributed by atoms with van der Waals surface area (Å²) in [5.41, 5.74) is 0. The number of aromatic nitrogens is 2. The molecule has 0 unspecified atom stereocenters. The number of methoxy groups -OCH3 is 1. The van der Waals surface area contributed by atoms with E-state index in [0.717, 1.165) is 30.4 Å². The molecule has 0 radical (unpaired) electrons. The van der Waals surface area contributed by atoms with Gasteiger partial charge in [0.2, 0.25) is 0 Å². The van der Waals surface area contributed by atoms with Crippen LogP contribution < -0.4 is 0 Å². The fourth-order valence-electron chi connectivity index (χ4n) is 1.53. The Morgan fingerprint density at radius 1 is 1.33 bits per heavy atom. The molecule has 0 saturated carbocycles. The molecule has 0 fully saturated rings. The predicted octanol–water partition coefficient (Wildman–Crippen LogP) is 2.71. The van der Waals surface area contributed by atoms with Gasteiger partial charge in [-0.25, -0.2) is 9.97 Å². The van der Waals surface area contributed by atoms with E-state index in [-0.39, 0.29) is 0 Å². The summed E-state index contributed by atoms with van der Waals surface area (Å²) in [6.07, 6.45) is 0. The summed E-state index contributed by atoms with van der Waals surface area (Å²) >= 11 is 7.65. The van der Waals surface area contributed by atoms with Gasteiger partial charge >= 0.3 is 0 Å². The Morgan fingerprint density at radius 2 is 2.06 bits per heavy atom.